The molecular formula is C7H11OS. The molecule has 0 aliphatic heterocycles. The molecule has 0 saturated heterocycles. The summed E-state index contributed by atoms with van der Waals surface area (Å²) in [6.07, 6.45) is 6.41. The molecule has 0 bridgehead atoms. The van der Waals surface area contributed by atoms with E-state index in [0.29, 0.717) is 6.42 Å². The van der Waals surface area contributed by atoms with Gasteiger partial charge >= 0.3 is 0 Å². The quantitative estimate of drug-likeness (QED) is 0.552. The number of carbonyl (C=O) groups excluding carboxylic acids is 1. The summed E-state index contributed by atoms with van der Waals surface area (Å²) in [4.78, 5) is 10.2. The lowest BCUT2D eigenvalue weighted by atomic mass is 10.3. The molecule has 1 nitrogen and oxygen atoms in total. The molecule has 0 fully saturated rings. The number of carbonyl (C=O) groups is 1. The maximum Gasteiger partial charge on any atom is 0.222 e. The van der Waals surface area contributed by atoms with Crippen LogP contribution in [0.4, 0.5) is 0 Å². The van der Waals surface area contributed by atoms with E-state index in [0.717, 1.165) is 12.8 Å². The predicted octanol–water partition coefficient (Wildman–Crippen LogP) is 2.46. The Kier molecular flexibility index (Phi) is 5.52. The van der Waals surface area contributed by atoms with E-state index in [1.165, 1.54) is 0 Å². The number of hydrogen-bond donors (Lipinski definition) is 0. The van der Waals surface area contributed by atoms with Gasteiger partial charge in [-0.25, -0.2) is 0 Å². The first-order valence-electron chi connectivity index (χ1n) is 3.12. The van der Waals surface area contributed by atoms with Crippen LogP contribution in [0.15, 0.2) is 12.2 Å². The van der Waals surface area contributed by atoms with Gasteiger partial charge in [0, 0.05) is 6.42 Å². The molecule has 1 radical (unpaired) electrons. The number of allylic oxidation sites excluding steroid dienone is 2. The summed E-state index contributed by atoms with van der Waals surface area (Å²) in [6, 6.07) is 0. The molecule has 0 aromatic carbocycles. The van der Waals surface area contributed by atoms with Crippen LogP contribution >= 0.6 is 12.6 Å². The van der Waals surface area contributed by atoms with Crippen molar-refractivity contribution in [2.24, 2.45) is 0 Å². The zero-order chi connectivity index (χ0) is 7.11. The second-order valence-corrected chi connectivity index (χ2v) is 2.29. The Morgan fingerprint density at radius 1 is 1.56 bits per heavy atom. The van der Waals surface area contributed by atoms with Gasteiger partial charge in [-0.1, -0.05) is 25.5 Å². The summed E-state index contributed by atoms with van der Waals surface area (Å²) in [5, 5.41) is -0.178. The van der Waals surface area contributed by atoms with Crippen molar-refractivity contribution in [2.45, 2.75) is 26.2 Å². The highest BCUT2D eigenvalue weighted by molar-refractivity contribution is 7.96. The number of hydrogen-bond acceptors (Lipinski definition) is 1. The molecule has 0 saturated carbocycles. The molecule has 2 heteroatoms. The highest BCUT2D eigenvalue weighted by Gasteiger charge is 1.86. The number of unbranched alkanes of at least 4 members (excludes halogenated alkanes) is 1. The third-order valence-corrected chi connectivity index (χ3v) is 1.07. The molecule has 0 spiro atoms. The topological polar surface area (TPSA) is 17.1 Å². The summed E-state index contributed by atoms with van der Waals surface area (Å²) in [7, 11) is 0. The van der Waals surface area contributed by atoms with Crippen molar-refractivity contribution < 1.29 is 4.79 Å². The van der Waals surface area contributed by atoms with Gasteiger partial charge < -0.3 is 0 Å². The first-order valence-corrected chi connectivity index (χ1v) is 3.53. The maximum atomic E-state index is 10.2. The summed E-state index contributed by atoms with van der Waals surface area (Å²) < 4.78 is 0. The van der Waals surface area contributed by atoms with E-state index < -0.39 is 0 Å². The normalized spacial score (nSPS) is 10.3. The van der Waals surface area contributed by atoms with E-state index >= 15 is 0 Å². The van der Waals surface area contributed by atoms with Crippen molar-refractivity contribution in [2.75, 3.05) is 0 Å². The van der Waals surface area contributed by atoms with Crippen molar-refractivity contribution in [1.29, 1.82) is 0 Å². The molecule has 0 aromatic heterocycles. The lowest BCUT2D eigenvalue weighted by Gasteiger charge is -1.82. The average molecular weight is 143 g/mol. The monoisotopic (exact) mass is 143 g/mol. The maximum absolute atomic E-state index is 10.2. The zero-order valence-corrected chi connectivity index (χ0v) is 6.41. The molecular weight excluding hydrogens is 132 g/mol. The summed E-state index contributed by atoms with van der Waals surface area (Å²) in [5.41, 5.74) is 0. The van der Waals surface area contributed by atoms with Crippen LogP contribution in [0.2, 0.25) is 0 Å². The third kappa shape index (κ3) is 7.63. The van der Waals surface area contributed by atoms with Crippen LogP contribution in [-0.2, 0) is 4.79 Å². The lowest BCUT2D eigenvalue weighted by Crippen LogP contribution is -1.79. The molecule has 0 aliphatic carbocycles. The summed E-state index contributed by atoms with van der Waals surface area (Å²) in [5.74, 6) is 0. The van der Waals surface area contributed by atoms with Crippen LogP contribution in [0.5, 0.6) is 0 Å². The van der Waals surface area contributed by atoms with Gasteiger partial charge in [0.05, 0.1) is 0 Å². The SMILES string of the molecule is CCC/C=C/CC(=O)[S]. The van der Waals surface area contributed by atoms with Gasteiger partial charge in [-0.3, -0.25) is 4.79 Å². The van der Waals surface area contributed by atoms with Crippen LogP contribution in [0, 0.1) is 0 Å². The first-order chi connectivity index (χ1) is 4.27. The summed E-state index contributed by atoms with van der Waals surface area (Å²) >= 11 is 4.34. The third-order valence-electron chi connectivity index (χ3n) is 0.907. The van der Waals surface area contributed by atoms with E-state index in [9.17, 15) is 4.79 Å². The fourth-order valence-electron chi connectivity index (χ4n) is 0.464. The Balaban J connectivity index is 3.14. The molecule has 0 rings (SSSR count). The molecule has 0 amide bonds. The first kappa shape index (κ1) is 8.63. The second-order valence-electron chi connectivity index (χ2n) is 1.84. The molecule has 0 aliphatic rings. The van der Waals surface area contributed by atoms with Gasteiger partial charge in [-0.15, -0.1) is 0 Å². The Hall–Kier alpha value is -0.370. The minimum Gasteiger partial charge on any atom is -0.282 e. The second kappa shape index (κ2) is 5.76. The molecule has 51 valence electrons. The molecule has 9 heavy (non-hydrogen) atoms. The van der Waals surface area contributed by atoms with E-state index in [1.54, 1.807) is 0 Å². The van der Waals surface area contributed by atoms with Gasteiger partial charge in [0.2, 0.25) is 5.12 Å². The molecule has 0 aromatic rings. The van der Waals surface area contributed by atoms with E-state index in [2.05, 4.69) is 19.6 Å². The smallest absolute Gasteiger partial charge is 0.222 e. The highest BCUT2D eigenvalue weighted by Crippen LogP contribution is 1.93. The van der Waals surface area contributed by atoms with Crippen LogP contribution in [0.1, 0.15) is 26.2 Å². The van der Waals surface area contributed by atoms with Crippen molar-refractivity contribution >= 4 is 17.7 Å². The Labute approximate surface area is 61.6 Å². The molecule has 0 atom stereocenters. The lowest BCUT2D eigenvalue weighted by molar-refractivity contribution is -0.110. The van der Waals surface area contributed by atoms with Crippen LogP contribution in [0.3, 0.4) is 0 Å². The number of rotatable bonds is 4. The Morgan fingerprint density at radius 3 is 2.67 bits per heavy atom. The molecule has 0 unspecified atom stereocenters. The van der Waals surface area contributed by atoms with Gasteiger partial charge in [0.25, 0.3) is 0 Å². The largest absolute Gasteiger partial charge is 0.282 e. The fraction of sp³-hybridized carbons (Fsp3) is 0.571. The van der Waals surface area contributed by atoms with Gasteiger partial charge in [-0.2, -0.15) is 0 Å². The van der Waals surface area contributed by atoms with Crippen LogP contribution in [0.25, 0.3) is 0 Å². The van der Waals surface area contributed by atoms with E-state index in [-0.39, 0.29) is 5.12 Å². The Bertz CT molecular complexity index is 107. The van der Waals surface area contributed by atoms with Gasteiger partial charge in [0.1, 0.15) is 0 Å². The van der Waals surface area contributed by atoms with Crippen molar-refractivity contribution in [3.63, 3.8) is 0 Å². The highest BCUT2D eigenvalue weighted by atomic mass is 32.1. The van der Waals surface area contributed by atoms with E-state index in [1.807, 2.05) is 12.2 Å². The minimum atomic E-state index is -0.178. The predicted molar refractivity (Wildman–Crippen MR) is 41.3 cm³/mol. The van der Waals surface area contributed by atoms with Gasteiger partial charge in [-0.05, 0) is 19.0 Å². The zero-order valence-electron chi connectivity index (χ0n) is 5.59. The van der Waals surface area contributed by atoms with E-state index in [4.69, 9.17) is 0 Å². The van der Waals surface area contributed by atoms with Crippen molar-refractivity contribution in [3.05, 3.63) is 12.2 Å². The molecule has 0 heterocycles. The van der Waals surface area contributed by atoms with Crippen molar-refractivity contribution in [3.8, 4) is 0 Å². The fourth-order valence-corrected chi connectivity index (χ4v) is 0.560. The van der Waals surface area contributed by atoms with Crippen molar-refractivity contribution in [1.82, 2.24) is 0 Å². The molecule has 0 N–H and O–H groups in total. The average Bonchev–Trinajstić information content (AvgIpc) is 1.80. The Morgan fingerprint density at radius 2 is 2.22 bits per heavy atom. The van der Waals surface area contributed by atoms with Crippen LogP contribution < -0.4 is 0 Å². The standard InChI is InChI=1S/C7H11OS/c1-2-3-4-5-6-7(8)9/h4-5H,2-3,6H2,1H3/b5-4+. The van der Waals surface area contributed by atoms with Gasteiger partial charge in [0.15, 0.2) is 0 Å². The minimum absolute atomic E-state index is 0.178. The summed E-state index contributed by atoms with van der Waals surface area (Å²) in [6.45, 7) is 2.10. The van der Waals surface area contributed by atoms with Crippen LogP contribution in [-0.4, -0.2) is 5.12 Å².